The van der Waals surface area contributed by atoms with E-state index in [0.717, 1.165) is 19.0 Å². The SMILES string of the molecule is CCCCCCl.O=C1NCCN1. The number of rotatable bonds is 3. The van der Waals surface area contributed by atoms with E-state index in [4.69, 9.17) is 11.6 Å². The molecule has 1 saturated heterocycles. The molecule has 0 aromatic carbocycles. The van der Waals surface area contributed by atoms with Gasteiger partial charge in [-0.15, -0.1) is 11.6 Å². The molecule has 1 heterocycles. The fraction of sp³-hybridized carbons (Fsp3) is 0.875. The highest BCUT2D eigenvalue weighted by Gasteiger charge is 2.02. The zero-order valence-electron chi connectivity index (χ0n) is 7.53. The van der Waals surface area contributed by atoms with Gasteiger partial charge in [-0.25, -0.2) is 4.79 Å². The molecule has 72 valence electrons. The molecule has 0 saturated carbocycles. The first kappa shape index (κ1) is 11.6. The second kappa shape index (κ2) is 8.65. The summed E-state index contributed by atoms with van der Waals surface area (Å²) in [6.07, 6.45) is 3.73. The number of nitrogens with one attached hydrogen (secondary N) is 2. The topological polar surface area (TPSA) is 41.1 Å². The molecule has 0 aliphatic carbocycles. The first-order chi connectivity index (χ1) is 5.81. The minimum Gasteiger partial charge on any atom is -0.336 e. The van der Waals surface area contributed by atoms with Crippen LogP contribution in [0.15, 0.2) is 0 Å². The van der Waals surface area contributed by atoms with Crippen LogP contribution in [-0.2, 0) is 0 Å². The Morgan fingerprint density at radius 1 is 1.33 bits per heavy atom. The standard InChI is InChI=1S/C5H11Cl.C3H6N2O/c1-2-3-4-5-6;6-3-4-1-2-5-3/h2-5H2,1H3;1-2H2,(H2,4,5,6). The van der Waals surface area contributed by atoms with Crippen LogP contribution in [0.2, 0.25) is 0 Å². The van der Waals surface area contributed by atoms with Crippen LogP contribution in [-0.4, -0.2) is 25.0 Å². The fourth-order valence-corrected chi connectivity index (χ4v) is 0.948. The summed E-state index contributed by atoms with van der Waals surface area (Å²) in [5.41, 5.74) is 0. The van der Waals surface area contributed by atoms with Gasteiger partial charge in [-0.2, -0.15) is 0 Å². The summed E-state index contributed by atoms with van der Waals surface area (Å²) < 4.78 is 0. The molecule has 12 heavy (non-hydrogen) atoms. The van der Waals surface area contributed by atoms with E-state index < -0.39 is 0 Å². The molecular weight excluding hydrogens is 176 g/mol. The Kier molecular flexibility index (Phi) is 8.34. The van der Waals surface area contributed by atoms with Crippen LogP contribution < -0.4 is 10.6 Å². The number of unbranched alkanes of at least 4 members (excludes halogenated alkanes) is 2. The summed E-state index contributed by atoms with van der Waals surface area (Å²) in [5, 5.41) is 5.14. The molecule has 0 radical (unpaired) electrons. The first-order valence-corrected chi connectivity index (χ1v) is 4.92. The molecule has 0 bridgehead atoms. The first-order valence-electron chi connectivity index (χ1n) is 4.39. The van der Waals surface area contributed by atoms with Gasteiger partial charge in [0.25, 0.3) is 0 Å². The Hall–Kier alpha value is -0.440. The highest BCUT2D eigenvalue weighted by atomic mass is 35.5. The second-order valence-electron chi connectivity index (χ2n) is 2.58. The Balaban J connectivity index is 0.000000202. The van der Waals surface area contributed by atoms with Crippen molar-refractivity contribution in [3.8, 4) is 0 Å². The largest absolute Gasteiger partial charge is 0.336 e. The number of amides is 2. The molecular formula is C8H17ClN2O. The van der Waals surface area contributed by atoms with Gasteiger partial charge in [0.2, 0.25) is 0 Å². The van der Waals surface area contributed by atoms with Crippen LogP contribution in [0.3, 0.4) is 0 Å². The highest BCUT2D eigenvalue weighted by Crippen LogP contribution is 1.93. The summed E-state index contributed by atoms with van der Waals surface area (Å²) in [5.74, 6) is 0.827. The summed E-state index contributed by atoms with van der Waals surface area (Å²) in [4.78, 5) is 10.0. The van der Waals surface area contributed by atoms with Crippen molar-refractivity contribution in [2.75, 3.05) is 19.0 Å². The third-order valence-corrected chi connectivity index (χ3v) is 1.70. The van der Waals surface area contributed by atoms with Crippen molar-refractivity contribution >= 4 is 17.6 Å². The molecule has 4 heteroatoms. The number of alkyl halides is 1. The van der Waals surface area contributed by atoms with Crippen LogP contribution in [0, 0.1) is 0 Å². The summed E-state index contributed by atoms with van der Waals surface area (Å²) in [6.45, 7) is 3.73. The highest BCUT2D eigenvalue weighted by molar-refractivity contribution is 6.17. The molecule has 0 unspecified atom stereocenters. The van der Waals surface area contributed by atoms with E-state index in [9.17, 15) is 4.79 Å². The van der Waals surface area contributed by atoms with Crippen molar-refractivity contribution in [3.05, 3.63) is 0 Å². The number of hydrogen-bond acceptors (Lipinski definition) is 1. The number of carbonyl (C=O) groups is 1. The van der Waals surface area contributed by atoms with Gasteiger partial charge in [0.15, 0.2) is 0 Å². The summed E-state index contributed by atoms with van der Waals surface area (Å²) in [7, 11) is 0. The maximum absolute atomic E-state index is 10.0. The lowest BCUT2D eigenvalue weighted by Crippen LogP contribution is -2.20. The number of halogens is 1. The van der Waals surface area contributed by atoms with Crippen molar-refractivity contribution in [1.29, 1.82) is 0 Å². The van der Waals surface area contributed by atoms with Gasteiger partial charge in [0, 0.05) is 19.0 Å². The molecule has 1 fully saturated rings. The Morgan fingerprint density at radius 2 is 1.92 bits per heavy atom. The van der Waals surface area contributed by atoms with E-state index in [1.165, 1.54) is 19.3 Å². The molecule has 1 aliphatic rings. The molecule has 0 spiro atoms. The van der Waals surface area contributed by atoms with Gasteiger partial charge < -0.3 is 10.6 Å². The van der Waals surface area contributed by atoms with Crippen molar-refractivity contribution < 1.29 is 4.79 Å². The number of hydrogen-bond donors (Lipinski definition) is 2. The van der Waals surface area contributed by atoms with Gasteiger partial charge in [0.1, 0.15) is 0 Å². The van der Waals surface area contributed by atoms with Crippen LogP contribution in [0.1, 0.15) is 26.2 Å². The fourth-order valence-electron chi connectivity index (χ4n) is 0.759. The smallest absolute Gasteiger partial charge is 0.314 e. The average molecular weight is 193 g/mol. The van der Waals surface area contributed by atoms with Crippen molar-refractivity contribution in [1.82, 2.24) is 10.6 Å². The van der Waals surface area contributed by atoms with Gasteiger partial charge in [-0.1, -0.05) is 19.8 Å². The van der Waals surface area contributed by atoms with Crippen molar-refractivity contribution in [2.45, 2.75) is 26.2 Å². The Morgan fingerprint density at radius 3 is 2.08 bits per heavy atom. The van der Waals surface area contributed by atoms with Crippen molar-refractivity contribution in [3.63, 3.8) is 0 Å². The van der Waals surface area contributed by atoms with Crippen LogP contribution >= 0.6 is 11.6 Å². The quantitative estimate of drug-likeness (QED) is 0.519. The predicted octanol–water partition coefficient (Wildman–Crippen LogP) is 1.71. The molecule has 0 aromatic rings. The Labute approximate surface area is 78.9 Å². The predicted molar refractivity (Wildman–Crippen MR) is 51.6 cm³/mol. The van der Waals surface area contributed by atoms with Crippen LogP contribution in [0.25, 0.3) is 0 Å². The van der Waals surface area contributed by atoms with Gasteiger partial charge in [-0.05, 0) is 6.42 Å². The lowest BCUT2D eigenvalue weighted by Gasteiger charge is -1.84. The van der Waals surface area contributed by atoms with E-state index >= 15 is 0 Å². The summed E-state index contributed by atoms with van der Waals surface area (Å²) >= 11 is 5.38. The minimum absolute atomic E-state index is 0.0463. The third-order valence-electron chi connectivity index (χ3n) is 1.43. The van der Waals surface area contributed by atoms with Crippen molar-refractivity contribution in [2.24, 2.45) is 0 Å². The molecule has 3 nitrogen and oxygen atoms in total. The second-order valence-corrected chi connectivity index (χ2v) is 2.96. The van der Waals surface area contributed by atoms with E-state index in [0.29, 0.717) is 0 Å². The molecule has 2 amide bonds. The van der Waals surface area contributed by atoms with E-state index in [-0.39, 0.29) is 6.03 Å². The number of carbonyl (C=O) groups excluding carboxylic acids is 1. The maximum Gasteiger partial charge on any atom is 0.314 e. The minimum atomic E-state index is -0.0463. The summed E-state index contributed by atoms with van der Waals surface area (Å²) in [6, 6.07) is -0.0463. The molecule has 0 aromatic heterocycles. The van der Waals surface area contributed by atoms with Gasteiger partial charge in [0.05, 0.1) is 0 Å². The van der Waals surface area contributed by atoms with E-state index in [2.05, 4.69) is 17.6 Å². The van der Waals surface area contributed by atoms with Gasteiger partial charge >= 0.3 is 6.03 Å². The molecule has 0 atom stereocenters. The molecule has 1 aliphatic heterocycles. The average Bonchev–Trinajstić information content (AvgIpc) is 2.53. The molecule has 1 rings (SSSR count). The Bertz CT molecular complexity index is 108. The zero-order chi connectivity index (χ0) is 9.23. The lowest BCUT2D eigenvalue weighted by atomic mass is 10.3. The lowest BCUT2D eigenvalue weighted by molar-refractivity contribution is 0.248. The van der Waals surface area contributed by atoms with Crippen LogP contribution in [0.5, 0.6) is 0 Å². The molecule has 2 N–H and O–H groups in total. The van der Waals surface area contributed by atoms with E-state index in [1.54, 1.807) is 0 Å². The third kappa shape index (κ3) is 7.66. The normalized spacial score (nSPS) is 14.3. The van der Waals surface area contributed by atoms with Crippen LogP contribution in [0.4, 0.5) is 4.79 Å². The van der Waals surface area contributed by atoms with Gasteiger partial charge in [-0.3, -0.25) is 0 Å². The maximum atomic E-state index is 10.0. The number of urea groups is 1. The van der Waals surface area contributed by atoms with E-state index in [1.807, 2.05) is 0 Å². The monoisotopic (exact) mass is 192 g/mol. The zero-order valence-corrected chi connectivity index (χ0v) is 8.28.